The van der Waals surface area contributed by atoms with Crippen LogP contribution in [0.15, 0.2) is 47.5 Å². The molecule has 0 unspecified atom stereocenters. The monoisotopic (exact) mass is 445 g/mol. The SMILES string of the molecule is CC(C)N(CC(=O)N(Cc1cccn1C)C1CC1)S(=O)(=O)c1ccc(C(C)(C)C)cc1. The molecule has 31 heavy (non-hydrogen) atoms. The van der Waals surface area contributed by atoms with Gasteiger partial charge in [0.1, 0.15) is 0 Å². The standard InChI is InChI=1S/C24H35N3O3S/c1-18(2)27(31(29,30)22-13-9-19(10-14-22)24(3,4)5)17-23(28)26(20-11-12-20)16-21-8-7-15-25(21)6/h7-10,13-15,18,20H,11-12,16-17H2,1-6H3. The molecule has 6 nitrogen and oxygen atoms in total. The normalized spacial score (nSPS) is 15.0. The Balaban J connectivity index is 1.82. The van der Waals surface area contributed by atoms with Crippen LogP contribution in [0.5, 0.6) is 0 Å². The lowest BCUT2D eigenvalue weighted by molar-refractivity contribution is -0.133. The van der Waals surface area contributed by atoms with Gasteiger partial charge in [-0.1, -0.05) is 32.9 Å². The van der Waals surface area contributed by atoms with Crippen molar-refractivity contribution in [3.63, 3.8) is 0 Å². The summed E-state index contributed by atoms with van der Waals surface area (Å²) in [7, 11) is -1.83. The highest BCUT2D eigenvalue weighted by Gasteiger charge is 2.36. The molecule has 0 spiro atoms. The smallest absolute Gasteiger partial charge is 0.243 e. The van der Waals surface area contributed by atoms with Crippen molar-refractivity contribution in [2.75, 3.05) is 6.54 Å². The summed E-state index contributed by atoms with van der Waals surface area (Å²) in [5, 5.41) is 0. The van der Waals surface area contributed by atoms with E-state index >= 15 is 0 Å². The lowest BCUT2D eigenvalue weighted by Gasteiger charge is -2.30. The summed E-state index contributed by atoms with van der Waals surface area (Å²) in [5.74, 6) is -0.146. The average molecular weight is 446 g/mol. The number of aryl methyl sites for hydroxylation is 1. The summed E-state index contributed by atoms with van der Waals surface area (Å²) in [4.78, 5) is 15.3. The predicted octanol–water partition coefficient (Wildman–Crippen LogP) is 3.91. The molecule has 1 aromatic carbocycles. The first kappa shape index (κ1) is 23.5. The number of aromatic nitrogens is 1. The van der Waals surface area contributed by atoms with Crippen molar-refractivity contribution in [3.8, 4) is 0 Å². The number of carbonyl (C=O) groups excluding carboxylic acids is 1. The van der Waals surface area contributed by atoms with E-state index in [0.29, 0.717) is 6.54 Å². The van der Waals surface area contributed by atoms with E-state index in [2.05, 4.69) is 20.8 Å². The second-order valence-electron chi connectivity index (χ2n) is 9.78. The van der Waals surface area contributed by atoms with Gasteiger partial charge in [0.25, 0.3) is 0 Å². The third kappa shape index (κ3) is 5.39. The minimum Gasteiger partial charge on any atom is -0.353 e. The number of benzene rings is 1. The third-order valence-corrected chi connectivity index (χ3v) is 7.92. The molecule has 0 aliphatic heterocycles. The van der Waals surface area contributed by atoms with Gasteiger partial charge in [0, 0.05) is 31.0 Å². The fraction of sp³-hybridized carbons (Fsp3) is 0.542. The molecule has 1 saturated carbocycles. The highest BCUT2D eigenvalue weighted by Crippen LogP contribution is 2.30. The van der Waals surface area contributed by atoms with Crippen molar-refractivity contribution >= 4 is 15.9 Å². The van der Waals surface area contributed by atoms with E-state index in [4.69, 9.17) is 0 Å². The molecule has 3 rings (SSSR count). The number of hydrogen-bond donors (Lipinski definition) is 0. The van der Waals surface area contributed by atoms with E-state index in [9.17, 15) is 13.2 Å². The van der Waals surface area contributed by atoms with Crippen LogP contribution in [0.3, 0.4) is 0 Å². The fourth-order valence-corrected chi connectivity index (χ4v) is 5.26. The van der Waals surface area contributed by atoms with Crippen molar-refractivity contribution in [1.82, 2.24) is 13.8 Å². The molecule has 2 aromatic rings. The van der Waals surface area contributed by atoms with Gasteiger partial charge in [-0.15, -0.1) is 0 Å². The molecule has 1 aromatic heterocycles. The van der Waals surface area contributed by atoms with Crippen LogP contribution >= 0.6 is 0 Å². The van der Waals surface area contributed by atoms with Crippen LogP contribution < -0.4 is 0 Å². The maximum Gasteiger partial charge on any atom is 0.243 e. The Morgan fingerprint density at radius 1 is 1.13 bits per heavy atom. The Morgan fingerprint density at radius 2 is 1.74 bits per heavy atom. The molecule has 0 N–H and O–H groups in total. The highest BCUT2D eigenvalue weighted by atomic mass is 32.2. The number of rotatable bonds is 8. The van der Waals surface area contributed by atoms with Crippen molar-refractivity contribution in [1.29, 1.82) is 0 Å². The largest absolute Gasteiger partial charge is 0.353 e. The van der Waals surface area contributed by atoms with Crippen molar-refractivity contribution in [2.45, 2.75) is 76.4 Å². The molecule has 0 bridgehead atoms. The van der Waals surface area contributed by atoms with Crippen LogP contribution in [0.4, 0.5) is 0 Å². The number of nitrogens with zero attached hydrogens (tertiary/aromatic N) is 3. The van der Waals surface area contributed by atoms with E-state index in [0.717, 1.165) is 24.1 Å². The number of sulfonamides is 1. The molecule has 1 amide bonds. The van der Waals surface area contributed by atoms with Crippen LogP contribution in [0, 0.1) is 0 Å². The zero-order valence-corrected chi connectivity index (χ0v) is 20.3. The van der Waals surface area contributed by atoms with Crippen LogP contribution in [0.1, 0.15) is 58.7 Å². The summed E-state index contributed by atoms with van der Waals surface area (Å²) in [6, 6.07) is 10.8. The molecule has 7 heteroatoms. The fourth-order valence-electron chi connectivity index (χ4n) is 3.67. The first-order valence-electron chi connectivity index (χ1n) is 10.9. The summed E-state index contributed by atoms with van der Waals surface area (Å²) >= 11 is 0. The molecule has 1 fully saturated rings. The van der Waals surface area contributed by atoms with Crippen LogP contribution in [0.2, 0.25) is 0 Å². The number of carbonyl (C=O) groups is 1. The van der Waals surface area contributed by atoms with Gasteiger partial charge in [-0.05, 0) is 61.9 Å². The Kier molecular flexibility index (Phi) is 6.67. The van der Waals surface area contributed by atoms with Crippen LogP contribution in [0.25, 0.3) is 0 Å². The maximum absolute atomic E-state index is 13.4. The van der Waals surface area contributed by atoms with Crippen molar-refractivity contribution in [2.24, 2.45) is 7.05 Å². The van der Waals surface area contributed by atoms with Crippen molar-refractivity contribution in [3.05, 3.63) is 53.9 Å². The molecule has 0 saturated heterocycles. The van der Waals surface area contributed by atoms with Gasteiger partial charge in [0.2, 0.25) is 15.9 Å². The summed E-state index contributed by atoms with van der Waals surface area (Å²) in [6.45, 7) is 10.2. The molecular weight excluding hydrogens is 410 g/mol. The second kappa shape index (κ2) is 8.79. The molecular formula is C24H35N3O3S. The third-order valence-electron chi connectivity index (χ3n) is 5.89. The van der Waals surface area contributed by atoms with Gasteiger partial charge in [0.05, 0.1) is 18.0 Å². The predicted molar refractivity (Wildman–Crippen MR) is 123 cm³/mol. The number of amides is 1. The summed E-state index contributed by atoms with van der Waals surface area (Å²) in [6.07, 6.45) is 3.90. The first-order valence-corrected chi connectivity index (χ1v) is 12.4. The van der Waals surface area contributed by atoms with Gasteiger partial charge in [-0.2, -0.15) is 4.31 Å². The molecule has 170 valence electrons. The zero-order valence-electron chi connectivity index (χ0n) is 19.5. The van der Waals surface area contributed by atoms with Crippen molar-refractivity contribution < 1.29 is 13.2 Å². The molecule has 1 aliphatic rings. The lowest BCUT2D eigenvalue weighted by Crippen LogP contribution is -2.46. The van der Waals surface area contributed by atoms with Crippen LogP contribution in [-0.2, 0) is 33.8 Å². The van der Waals surface area contributed by atoms with Gasteiger partial charge < -0.3 is 9.47 Å². The minimum absolute atomic E-state index is 0.0578. The van der Waals surface area contributed by atoms with Crippen LogP contribution in [-0.4, -0.2) is 46.7 Å². The van der Waals surface area contributed by atoms with E-state index in [-0.39, 0.29) is 34.8 Å². The molecule has 1 heterocycles. The summed E-state index contributed by atoms with van der Waals surface area (Å²) in [5.41, 5.74) is 2.05. The van der Waals surface area contributed by atoms with E-state index in [1.807, 2.05) is 60.8 Å². The van der Waals surface area contributed by atoms with Gasteiger partial charge in [0.15, 0.2) is 0 Å². The zero-order chi connectivity index (χ0) is 23.0. The Morgan fingerprint density at radius 3 is 2.19 bits per heavy atom. The summed E-state index contributed by atoms with van der Waals surface area (Å²) < 4.78 is 30.1. The lowest BCUT2D eigenvalue weighted by atomic mass is 9.87. The Labute approximate surface area is 186 Å². The second-order valence-corrected chi connectivity index (χ2v) is 11.7. The molecule has 1 aliphatic carbocycles. The van der Waals surface area contributed by atoms with Gasteiger partial charge in [-0.3, -0.25) is 4.79 Å². The Hall–Kier alpha value is -2.12. The Bertz CT molecular complexity index is 1010. The van der Waals surface area contributed by atoms with E-state index in [1.54, 1.807) is 12.1 Å². The minimum atomic E-state index is -3.79. The van der Waals surface area contributed by atoms with E-state index < -0.39 is 10.0 Å². The average Bonchev–Trinajstić information content (AvgIpc) is 3.45. The van der Waals surface area contributed by atoms with Gasteiger partial charge >= 0.3 is 0 Å². The van der Waals surface area contributed by atoms with Gasteiger partial charge in [-0.25, -0.2) is 8.42 Å². The maximum atomic E-state index is 13.4. The first-order chi connectivity index (χ1) is 14.4. The highest BCUT2D eigenvalue weighted by molar-refractivity contribution is 7.89. The molecule has 0 atom stereocenters. The topological polar surface area (TPSA) is 62.6 Å². The molecule has 0 radical (unpaired) electrons. The quantitative estimate of drug-likeness (QED) is 0.619. The van der Waals surface area contributed by atoms with E-state index in [1.165, 1.54) is 4.31 Å². The number of hydrogen-bond acceptors (Lipinski definition) is 3.